The van der Waals surface area contributed by atoms with Crippen molar-refractivity contribution in [2.45, 2.75) is 18.9 Å². The van der Waals surface area contributed by atoms with Crippen molar-refractivity contribution < 1.29 is 18.7 Å². The van der Waals surface area contributed by atoms with Crippen molar-refractivity contribution in [1.29, 1.82) is 0 Å². The first kappa shape index (κ1) is 19.5. The van der Waals surface area contributed by atoms with E-state index >= 15 is 0 Å². The Morgan fingerprint density at radius 2 is 2.00 bits per heavy atom. The van der Waals surface area contributed by atoms with E-state index in [0.29, 0.717) is 29.7 Å². The number of nitrogens with zero attached hydrogens (tertiary/aromatic N) is 2. The minimum atomic E-state index is -0.294. The molecule has 0 N–H and O–H groups in total. The van der Waals surface area contributed by atoms with E-state index in [0.717, 1.165) is 18.4 Å². The Morgan fingerprint density at radius 1 is 1.21 bits per heavy atom. The van der Waals surface area contributed by atoms with E-state index in [9.17, 15) is 9.18 Å². The fraction of sp³-hybridized carbons (Fsp3) is 0.273. The van der Waals surface area contributed by atoms with Crippen LogP contribution in [-0.2, 0) is 9.53 Å². The first-order valence-electron chi connectivity index (χ1n) is 9.50. The van der Waals surface area contributed by atoms with Gasteiger partial charge < -0.3 is 9.47 Å². The highest BCUT2D eigenvalue weighted by Gasteiger charge is 2.26. The van der Waals surface area contributed by atoms with Crippen molar-refractivity contribution in [2.24, 2.45) is 0 Å². The number of anilines is 1. The van der Waals surface area contributed by atoms with Crippen molar-refractivity contribution in [2.75, 3.05) is 24.7 Å². The van der Waals surface area contributed by atoms with Crippen LogP contribution in [0.15, 0.2) is 60.0 Å². The van der Waals surface area contributed by atoms with Crippen LogP contribution in [0.25, 0.3) is 11.3 Å². The summed E-state index contributed by atoms with van der Waals surface area (Å²) in [7, 11) is 0. The van der Waals surface area contributed by atoms with E-state index in [1.807, 2.05) is 35.7 Å². The van der Waals surface area contributed by atoms with Gasteiger partial charge in [0.2, 0.25) is 0 Å². The molecular weight excluding hydrogens is 391 g/mol. The maximum Gasteiger partial charge on any atom is 0.266 e. The molecular formula is C22H21FN2O3S. The molecule has 7 heteroatoms. The van der Waals surface area contributed by atoms with Gasteiger partial charge in [-0.1, -0.05) is 18.2 Å². The number of halogens is 1. The van der Waals surface area contributed by atoms with Crippen molar-refractivity contribution in [3.05, 3.63) is 65.8 Å². The van der Waals surface area contributed by atoms with Crippen LogP contribution in [-0.4, -0.2) is 36.8 Å². The molecule has 1 aromatic heterocycles. The quantitative estimate of drug-likeness (QED) is 0.572. The van der Waals surface area contributed by atoms with Gasteiger partial charge in [-0.3, -0.25) is 9.69 Å². The molecule has 2 heterocycles. The van der Waals surface area contributed by atoms with Crippen LogP contribution in [0.3, 0.4) is 0 Å². The zero-order chi connectivity index (χ0) is 20.1. The van der Waals surface area contributed by atoms with E-state index in [4.69, 9.17) is 9.47 Å². The molecule has 1 atom stereocenters. The predicted octanol–water partition coefficient (Wildman–Crippen LogP) is 4.54. The molecule has 1 aliphatic rings. The minimum Gasteiger partial charge on any atom is -0.484 e. The molecule has 1 aliphatic heterocycles. The van der Waals surface area contributed by atoms with E-state index in [-0.39, 0.29) is 24.4 Å². The largest absolute Gasteiger partial charge is 0.484 e. The second kappa shape index (κ2) is 9.15. The van der Waals surface area contributed by atoms with Gasteiger partial charge in [0.25, 0.3) is 5.91 Å². The van der Waals surface area contributed by atoms with Crippen LogP contribution in [0.4, 0.5) is 9.52 Å². The van der Waals surface area contributed by atoms with Gasteiger partial charge in [-0.2, -0.15) is 0 Å². The Balaban J connectivity index is 1.51. The number of carbonyl (C=O) groups excluding carboxylic acids is 1. The summed E-state index contributed by atoms with van der Waals surface area (Å²) in [4.78, 5) is 19.2. The first-order chi connectivity index (χ1) is 14.2. The Labute approximate surface area is 172 Å². The molecule has 1 fully saturated rings. The van der Waals surface area contributed by atoms with Gasteiger partial charge in [0.1, 0.15) is 11.6 Å². The van der Waals surface area contributed by atoms with Crippen LogP contribution in [0.1, 0.15) is 12.8 Å². The molecule has 0 aliphatic carbocycles. The molecule has 1 saturated heterocycles. The summed E-state index contributed by atoms with van der Waals surface area (Å²) >= 11 is 1.38. The second-order valence-corrected chi connectivity index (χ2v) is 7.60. The Morgan fingerprint density at radius 3 is 2.72 bits per heavy atom. The fourth-order valence-corrected chi connectivity index (χ4v) is 4.02. The topological polar surface area (TPSA) is 51.7 Å². The number of ether oxygens (including phenoxy) is 2. The van der Waals surface area contributed by atoms with Gasteiger partial charge in [-0.15, -0.1) is 11.3 Å². The van der Waals surface area contributed by atoms with Crippen molar-refractivity contribution >= 4 is 22.4 Å². The highest BCUT2D eigenvalue weighted by Crippen LogP contribution is 2.29. The summed E-state index contributed by atoms with van der Waals surface area (Å²) in [5.74, 6) is 0.172. The number of hydrogen-bond donors (Lipinski definition) is 0. The molecule has 0 bridgehead atoms. The number of amides is 1. The van der Waals surface area contributed by atoms with E-state index in [1.165, 1.54) is 23.5 Å². The molecule has 0 radical (unpaired) electrons. The summed E-state index contributed by atoms with van der Waals surface area (Å²) < 4.78 is 24.6. The van der Waals surface area contributed by atoms with Crippen LogP contribution in [0.2, 0.25) is 0 Å². The molecule has 0 spiro atoms. The molecule has 0 unspecified atom stereocenters. The van der Waals surface area contributed by atoms with Crippen LogP contribution < -0.4 is 9.64 Å². The summed E-state index contributed by atoms with van der Waals surface area (Å²) in [6, 6.07) is 15.4. The second-order valence-electron chi connectivity index (χ2n) is 6.76. The number of thiazole rings is 1. The van der Waals surface area contributed by atoms with Crippen LogP contribution in [0, 0.1) is 5.82 Å². The zero-order valence-corrected chi connectivity index (χ0v) is 16.6. The van der Waals surface area contributed by atoms with E-state index < -0.39 is 0 Å². The number of hydrogen-bond acceptors (Lipinski definition) is 5. The molecule has 3 aromatic rings. The Kier molecular flexibility index (Phi) is 6.17. The minimum absolute atomic E-state index is 0.00570. The number of benzene rings is 2. The lowest BCUT2D eigenvalue weighted by atomic mass is 10.2. The predicted molar refractivity (Wildman–Crippen MR) is 111 cm³/mol. The molecule has 5 nitrogen and oxygen atoms in total. The first-order valence-corrected chi connectivity index (χ1v) is 10.4. The van der Waals surface area contributed by atoms with Crippen LogP contribution in [0.5, 0.6) is 5.75 Å². The molecule has 0 saturated carbocycles. The number of aromatic nitrogens is 1. The smallest absolute Gasteiger partial charge is 0.266 e. The third-order valence-electron chi connectivity index (χ3n) is 4.68. The monoisotopic (exact) mass is 412 g/mol. The average Bonchev–Trinajstić information content (AvgIpc) is 3.44. The standard InChI is InChI=1S/C22H21FN2O3S/c23-17-10-8-16(9-11-17)20-15-29-22(24-20)25(13-19-7-4-12-27-19)21(26)14-28-18-5-2-1-3-6-18/h1-3,5-6,8-11,15,19H,4,7,12-14H2/t19-/m1/s1. The lowest BCUT2D eigenvalue weighted by molar-refractivity contribution is -0.120. The SMILES string of the molecule is O=C(COc1ccccc1)N(C[C@H]1CCCO1)c1nc(-c2ccc(F)cc2)cs1. The number of rotatable bonds is 7. The van der Waals surface area contributed by atoms with Gasteiger partial charge in [-0.25, -0.2) is 9.37 Å². The summed E-state index contributed by atoms with van der Waals surface area (Å²) in [6.45, 7) is 1.07. The lowest BCUT2D eigenvalue weighted by Gasteiger charge is -2.23. The fourth-order valence-electron chi connectivity index (χ4n) is 3.16. The summed E-state index contributed by atoms with van der Waals surface area (Å²) in [5, 5.41) is 2.46. The maximum absolute atomic E-state index is 13.2. The van der Waals surface area contributed by atoms with Crippen molar-refractivity contribution in [3.8, 4) is 17.0 Å². The van der Waals surface area contributed by atoms with Crippen molar-refractivity contribution in [3.63, 3.8) is 0 Å². The molecule has 1 amide bonds. The summed E-state index contributed by atoms with van der Waals surface area (Å²) in [6.07, 6.45) is 1.90. The highest BCUT2D eigenvalue weighted by molar-refractivity contribution is 7.14. The normalized spacial score (nSPS) is 16.0. The van der Waals surface area contributed by atoms with Crippen molar-refractivity contribution in [1.82, 2.24) is 4.98 Å². The molecule has 2 aromatic carbocycles. The lowest BCUT2D eigenvalue weighted by Crippen LogP contribution is -2.40. The molecule has 29 heavy (non-hydrogen) atoms. The highest BCUT2D eigenvalue weighted by atomic mass is 32.1. The van der Waals surface area contributed by atoms with Gasteiger partial charge in [-0.05, 0) is 49.2 Å². The third-order valence-corrected chi connectivity index (χ3v) is 5.54. The van der Waals surface area contributed by atoms with E-state index in [1.54, 1.807) is 17.0 Å². The number of para-hydroxylation sites is 1. The zero-order valence-electron chi connectivity index (χ0n) is 15.8. The Hall–Kier alpha value is -2.77. The van der Waals surface area contributed by atoms with Gasteiger partial charge >= 0.3 is 0 Å². The third kappa shape index (κ3) is 4.99. The molecule has 150 valence electrons. The average molecular weight is 412 g/mol. The molecule has 4 rings (SSSR count). The number of carbonyl (C=O) groups is 1. The Bertz CT molecular complexity index is 940. The van der Waals surface area contributed by atoms with Crippen LogP contribution >= 0.6 is 11.3 Å². The maximum atomic E-state index is 13.2. The van der Waals surface area contributed by atoms with E-state index in [2.05, 4.69) is 4.98 Å². The van der Waals surface area contributed by atoms with Gasteiger partial charge in [0.05, 0.1) is 18.3 Å². The van der Waals surface area contributed by atoms with Gasteiger partial charge in [0, 0.05) is 17.6 Å². The van der Waals surface area contributed by atoms with Gasteiger partial charge in [0.15, 0.2) is 11.7 Å². The summed E-state index contributed by atoms with van der Waals surface area (Å²) in [5.41, 5.74) is 1.51.